The molecule has 1 rings (SSSR count). The largest absolute Gasteiger partial charge is 0.462 e. The number of carbonyl (C=O) groups is 1. The van der Waals surface area contributed by atoms with E-state index in [1.54, 1.807) is 0 Å². The molecule has 0 saturated carbocycles. The van der Waals surface area contributed by atoms with Gasteiger partial charge in [-0.25, -0.2) is 0 Å². The molecular formula is C12H23NO2. The van der Waals surface area contributed by atoms with Crippen molar-refractivity contribution in [3.05, 3.63) is 0 Å². The molecule has 0 aromatic carbocycles. The van der Waals surface area contributed by atoms with Gasteiger partial charge in [0.1, 0.15) is 6.10 Å². The fourth-order valence-corrected chi connectivity index (χ4v) is 1.81. The third-order valence-corrected chi connectivity index (χ3v) is 2.96. The standard InChI is InChI=1S/C12H23NO2/c1-9(2)12(14)15-11-5-7-13(8-6-11)10(3)4/h9-11H,5-8H2,1-4H3. The quantitative estimate of drug-likeness (QED) is 0.672. The number of hydrogen-bond donors (Lipinski definition) is 0. The van der Waals surface area contributed by atoms with Crippen molar-refractivity contribution in [2.24, 2.45) is 5.92 Å². The second-order valence-corrected chi connectivity index (χ2v) is 4.92. The number of nitrogens with zero attached hydrogens (tertiary/aromatic N) is 1. The summed E-state index contributed by atoms with van der Waals surface area (Å²) in [5, 5.41) is 0. The summed E-state index contributed by atoms with van der Waals surface area (Å²) in [6.45, 7) is 10.3. The number of carbonyl (C=O) groups excluding carboxylic acids is 1. The number of piperidine rings is 1. The van der Waals surface area contributed by atoms with Gasteiger partial charge in [-0.2, -0.15) is 0 Å². The Balaban J connectivity index is 2.29. The van der Waals surface area contributed by atoms with E-state index in [4.69, 9.17) is 4.74 Å². The Hall–Kier alpha value is -0.570. The molecule has 1 fully saturated rings. The van der Waals surface area contributed by atoms with E-state index < -0.39 is 0 Å². The van der Waals surface area contributed by atoms with Crippen LogP contribution in [0.4, 0.5) is 0 Å². The average Bonchev–Trinajstić information content (AvgIpc) is 2.18. The van der Waals surface area contributed by atoms with E-state index in [0.717, 1.165) is 25.9 Å². The summed E-state index contributed by atoms with van der Waals surface area (Å²) in [6, 6.07) is 0.603. The van der Waals surface area contributed by atoms with Crippen LogP contribution in [0, 0.1) is 5.92 Å². The zero-order chi connectivity index (χ0) is 11.4. The number of rotatable bonds is 3. The summed E-state index contributed by atoms with van der Waals surface area (Å²) >= 11 is 0. The molecule has 0 aromatic heterocycles. The number of hydrogen-bond acceptors (Lipinski definition) is 3. The molecule has 1 saturated heterocycles. The summed E-state index contributed by atoms with van der Waals surface area (Å²) in [4.78, 5) is 13.8. The van der Waals surface area contributed by atoms with E-state index in [1.165, 1.54) is 0 Å². The Morgan fingerprint density at radius 1 is 1.20 bits per heavy atom. The number of likely N-dealkylation sites (tertiary alicyclic amines) is 1. The van der Waals surface area contributed by atoms with Crippen molar-refractivity contribution in [3.8, 4) is 0 Å². The van der Waals surface area contributed by atoms with Gasteiger partial charge in [0.25, 0.3) is 0 Å². The third-order valence-electron chi connectivity index (χ3n) is 2.96. The maximum atomic E-state index is 11.4. The van der Waals surface area contributed by atoms with Crippen LogP contribution in [0.1, 0.15) is 40.5 Å². The fraction of sp³-hybridized carbons (Fsp3) is 0.917. The molecule has 0 aliphatic carbocycles. The summed E-state index contributed by atoms with van der Waals surface area (Å²) < 4.78 is 5.42. The maximum absolute atomic E-state index is 11.4. The van der Waals surface area contributed by atoms with Crippen molar-refractivity contribution in [1.82, 2.24) is 4.90 Å². The van der Waals surface area contributed by atoms with Crippen molar-refractivity contribution in [2.75, 3.05) is 13.1 Å². The summed E-state index contributed by atoms with van der Waals surface area (Å²) in [6.07, 6.45) is 2.11. The van der Waals surface area contributed by atoms with Crippen LogP contribution in [0.5, 0.6) is 0 Å². The SMILES string of the molecule is CC(C)C(=O)OC1CCN(C(C)C)CC1. The van der Waals surface area contributed by atoms with Gasteiger partial charge in [0.05, 0.1) is 5.92 Å². The lowest BCUT2D eigenvalue weighted by molar-refractivity contribution is -0.155. The van der Waals surface area contributed by atoms with Crippen molar-refractivity contribution in [3.63, 3.8) is 0 Å². The molecule has 0 bridgehead atoms. The van der Waals surface area contributed by atoms with Crippen molar-refractivity contribution in [2.45, 2.75) is 52.7 Å². The Kier molecular flexibility index (Phi) is 4.58. The molecule has 0 unspecified atom stereocenters. The minimum absolute atomic E-state index is 0.00636. The lowest BCUT2D eigenvalue weighted by Gasteiger charge is -2.34. The molecule has 0 N–H and O–H groups in total. The minimum Gasteiger partial charge on any atom is -0.462 e. The van der Waals surface area contributed by atoms with E-state index in [1.807, 2.05) is 13.8 Å². The minimum atomic E-state index is -0.0574. The van der Waals surface area contributed by atoms with Gasteiger partial charge in [0.15, 0.2) is 0 Å². The van der Waals surface area contributed by atoms with E-state index >= 15 is 0 Å². The van der Waals surface area contributed by atoms with Gasteiger partial charge in [-0.3, -0.25) is 4.79 Å². The van der Waals surface area contributed by atoms with Crippen molar-refractivity contribution < 1.29 is 9.53 Å². The Labute approximate surface area is 92.8 Å². The molecule has 0 atom stereocenters. The van der Waals surface area contributed by atoms with Crippen LogP contribution in [-0.2, 0) is 9.53 Å². The summed E-state index contributed by atoms with van der Waals surface area (Å²) in [5.74, 6) is -0.0638. The number of esters is 1. The van der Waals surface area contributed by atoms with E-state index in [9.17, 15) is 4.79 Å². The smallest absolute Gasteiger partial charge is 0.308 e. The van der Waals surface area contributed by atoms with Crippen molar-refractivity contribution in [1.29, 1.82) is 0 Å². The fourth-order valence-electron chi connectivity index (χ4n) is 1.81. The highest BCUT2D eigenvalue weighted by molar-refractivity contribution is 5.71. The molecule has 1 aliphatic heterocycles. The van der Waals surface area contributed by atoms with E-state index in [-0.39, 0.29) is 18.0 Å². The highest BCUT2D eigenvalue weighted by atomic mass is 16.5. The zero-order valence-corrected chi connectivity index (χ0v) is 10.3. The maximum Gasteiger partial charge on any atom is 0.308 e. The van der Waals surface area contributed by atoms with E-state index in [0.29, 0.717) is 6.04 Å². The molecule has 0 aromatic rings. The molecule has 0 radical (unpaired) electrons. The molecule has 1 heterocycles. The van der Waals surface area contributed by atoms with Gasteiger partial charge in [-0.15, -0.1) is 0 Å². The predicted octanol–water partition coefficient (Wildman–Crippen LogP) is 2.06. The highest BCUT2D eigenvalue weighted by Gasteiger charge is 2.24. The molecule has 3 nitrogen and oxygen atoms in total. The first kappa shape index (κ1) is 12.5. The molecule has 0 spiro atoms. The van der Waals surface area contributed by atoms with Crippen LogP contribution in [-0.4, -0.2) is 36.1 Å². The van der Waals surface area contributed by atoms with Gasteiger partial charge in [-0.05, 0) is 26.7 Å². The van der Waals surface area contributed by atoms with Crippen LogP contribution in [0.25, 0.3) is 0 Å². The van der Waals surface area contributed by atoms with Gasteiger partial charge >= 0.3 is 5.97 Å². The summed E-state index contributed by atoms with van der Waals surface area (Å²) in [7, 11) is 0. The van der Waals surface area contributed by atoms with Crippen LogP contribution in [0.2, 0.25) is 0 Å². The first-order chi connectivity index (χ1) is 7.00. The highest BCUT2D eigenvalue weighted by Crippen LogP contribution is 2.16. The predicted molar refractivity (Wildman–Crippen MR) is 60.7 cm³/mol. The first-order valence-corrected chi connectivity index (χ1v) is 5.95. The number of ether oxygens (including phenoxy) is 1. The lowest BCUT2D eigenvalue weighted by atomic mass is 10.1. The average molecular weight is 213 g/mol. The van der Waals surface area contributed by atoms with Gasteiger partial charge in [0, 0.05) is 19.1 Å². The topological polar surface area (TPSA) is 29.5 Å². The lowest BCUT2D eigenvalue weighted by Crippen LogP contribution is -2.41. The Bertz CT molecular complexity index is 206. The van der Waals surface area contributed by atoms with E-state index in [2.05, 4.69) is 18.7 Å². The normalized spacial score (nSPS) is 19.9. The second kappa shape index (κ2) is 5.50. The Morgan fingerprint density at radius 3 is 2.13 bits per heavy atom. The summed E-state index contributed by atoms with van der Waals surface area (Å²) in [5.41, 5.74) is 0. The Morgan fingerprint density at radius 2 is 1.73 bits per heavy atom. The van der Waals surface area contributed by atoms with Crippen LogP contribution >= 0.6 is 0 Å². The molecule has 3 heteroatoms. The monoisotopic (exact) mass is 213 g/mol. The first-order valence-electron chi connectivity index (χ1n) is 5.95. The van der Waals surface area contributed by atoms with Gasteiger partial charge in [-0.1, -0.05) is 13.8 Å². The van der Waals surface area contributed by atoms with Crippen molar-refractivity contribution >= 4 is 5.97 Å². The third kappa shape index (κ3) is 3.82. The van der Waals surface area contributed by atoms with Crippen LogP contribution in [0.3, 0.4) is 0 Å². The molecule has 0 amide bonds. The second-order valence-electron chi connectivity index (χ2n) is 4.92. The van der Waals surface area contributed by atoms with Crippen LogP contribution < -0.4 is 0 Å². The molecule has 15 heavy (non-hydrogen) atoms. The molecular weight excluding hydrogens is 190 g/mol. The van der Waals surface area contributed by atoms with Gasteiger partial charge < -0.3 is 9.64 Å². The van der Waals surface area contributed by atoms with Gasteiger partial charge in [0.2, 0.25) is 0 Å². The zero-order valence-electron chi connectivity index (χ0n) is 10.3. The van der Waals surface area contributed by atoms with Crippen LogP contribution in [0.15, 0.2) is 0 Å². The molecule has 1 aliphatic rings. The molecule has 88 valence electrons.